The highest BCUT2D eigenvalue weighted by molar-refractivity contribution is 6.23. The van der Waals surface area contributed by atoms with Gasteiger partial charge in [0, 0.05) is 0 Å². The SMILES string of the molecule is O=C(O)c1cccc(N2C(=O)[C@@H]3[C@H](C2=O)[C@@H]2C=C[C@H]3C23CC3)c1. The number of rotatable bonds is 2. The summed E-state index contributed by atoms with van der Waals surface area (Å²) in [4.78, 5) is 38.2. The molecule has 0 unspecified atom stereocenters. The van der Waals surface area contributed by atoms with Gasteiger partial charge in [0.15, 0.2) is 0 Å². The fourth-order valence-electron chi connectivity index (χ4n) is 5.11. The zero-order chi connectivity index (χ0) is 15.9. The molecule has 3 fully saturated rings. The monoisotopic (exact) mass is 309 g/mol. The third kappa shape index (κ3) is 1.41. The molecule has 23 heavy (non-hydrogen) atoms. The van der Waals surface area contributed by atoms with Crippen LogP contribution in [0.3, 0.4) is 0 Å². The molecule has 0 aromatic heterocycles. The number of imide groups is 1. The van der Waals surface area contributed by atoms with Gasteiger partial charge in [-0.05, 0) is 48.3 Å². The van der Waals surface area contributed by atoms with E-state index in [9.17, 15) is 14.4 Å². The van der Waals surface area contributed by atoms with Crippen LogP contribution in [0.15, 0.2) is 36.4 Å². The minimum absolute atomic E-state index is 0.0833. The molecule has 4 aliphatic rings. The van der Waals surface area contributed by atoms with E-state index in [4.69, 9.17) is 5.11 Å². The summed E-state index contributed by atoms with van der Waals surface area (Å²) in [5.74, 6) is -1.54. The van der Waals surface area contributed by atoms with E-state index in [0.29, 0.717) is 5.69 Å². The number of benzene rings is 1. The molecule has 1 aromatic rings. The number of amides is 2. The minimum atomic E-state index is -1.06. The van der Waals surface area contributed by atoms with Crippen LogP contribution in [-0.4, -0.2) is 22.9 Å². The van der Waals surface area contributed by atoms with Gasteiger partial charge in [0.25, 0.3) is 0 Å². The average Bonchev–Trinajstić information content (AvgIpc) is 3.13. The van der Waals surface area contributed by atoms with Crippen molar-refractivity contribution in [3.8, 4) is 0 Å². The second kappa shape index (κ2) is 3.91. The maximum absolute atomic E-state index is 12.9. The highest BCUT2D eigenvalue weighted by atomic mass is 16.4. The number of fused-ring (bicyclic) bond motifs is 3. The molecule has 0 radical (unpaired) electrons. The van der Waals surface area contributed by atoms with Gasteiger partial charge in [0.2, 0.25) is 11.8 Å². The number of aromatic carboxylic acids is 1. The Morgan fingerprint density at radius 2 is 1.70 bits per heavy atom. The average molecular weight is 309 g/mol. The molecule has 1 N–H and O–H groups in total. The topological polar surface area (TPSA) is 74.7 Å². The standard InChI is InChI=1S/C18H15NO4/c20-15-13-11-4-5-12(18(11)6-7-18)14(13)16(21)19(15)10-3-1-2-9(8-10)17(22)23/h1-5,8,11-14H,6-7H2,(H,22,23)/t11-,12+,13+,14-. The number of carbonyl (C=O) groups is 3. The second-order valence-electron chi connectivity index (χ2n) is 7.09. The maximum Gasteiger partial charge on any atom is 0.335 e. The van der Waals surface area contributed by atoms with Crippen LogP contribution in [0.5, 0.6) is 0 Å². The van der Waals surface area contributed by atoms with Crippen molar-refractivity contribution in [2.45, 2.75) is 12.8 Å². The molecule has 1 saturated heterocycles. The molecule has 5 nitrogen and oxygen atoms in total. The van der Waals surface area contributed by atoms with Crippen molar-refractivity contribution in [2.24, 2.45) is 29.1 Å². The highest BCUT2D eigenvalue weighted by Gasteiger charge is 2.73. The van der Waals surface area contributed by atoms with Crippen LogP contribution < -0.4 is 4.90 Å². The highest BCUT2D eigenvalue weighted by Crippen LogP contribution is 2.73. The first-order chi connectivity index (χ1) is 11.0. The van der Waals surface area contributed by atoms with Crippen molar-refractivity contribution in [1.82, 2.24) is 0 Å². The molecule has 116 valence electrons. The van der Waals surface area contributed by atoms with Crippen LogP contribution in [0.25, 0.3) is 0 Å². The summed E-state index contributed by atoms with van der Waals surface area (Å²) in [7, 11) is 0. The summed E-state index contributed by atoms with van der Waals surface area (Å²) in [6.45, 7) is 0. The normalized spacial score (nSPS) is 35.2. The van der Waals surface area contributed by atoms with E-state index in [2.05, 4.69) is 12.2 Å². The summed E-state index contributed by atoms with van der Waals surface area (Å²) in [6.07, 6.45) is 6.47. The summed E-state index contributed by atoms with van der Waals surface area (Å²) < 4.78 is 0. The molecule has 5 heteroatoms. The van der Waals surface area contributed by atoms with E-state index < -0.39 is 5.97 Å². The second-order valence-corrected chi connectivity index (χ2v) is 7.09. The molecular formula is C18H15NO4. The quantitative estimate of drug-likeness (QED) is 0.670. The van der Waals surface area contributed by atoms with Gasteiger partial charge in [-0.1, -0.05) is 18.2 Å². The third-order valence-corrected chi connectivity index (χ3v) is 6.20. The number of allylic oxidation sites excluding steroid dienone is 2. The number of carboxylic acids is 1. The first kappa shape index (κ1) is 13.0. The predicted octanol–water partition coefficient (Wildman–Crippen LogP) is 2.09. The lowest BCUT2D eigenvalue weighted by Gasteiger charge is -2.21. The van der Waals surface area contributed by atoms with Crippen LogP contribution in [0.1, 0.15) is 23.2 Å². The van der Waals surface area contributed by atoms with Crippen molar-refractivity contribution >= 4 is 23.5 Å². The number of hydrogen-bond acceptors (Lipinski definition) is 3. The Bertz CT molecular complexity index is 773. The maximum atomic E-state index is 12.9. The number of carboxylic acid groups (broad SMARTS) is 1. The molecule has 3 aliphatic carbocycles. The number of nitrogens with zero attached hydrogens (tertiary/aromatic N) is 1. The smallest absolute Gasteiger partial charge is 0.335 e. The van der Waals surface area contributed by atoms with E-state index >= 15 is 0 Å². The van der Waals surface area contributed by atoms with Crippen molar-refractivity contribution in [1.29, 1.82) is 0 Å². The first-order valence-corrected chi connectivity index (χ1v) is 7.94. The van der Waals surface area contributed by atoms with Gasteiger partial charge in [-0.25, -0.2) is 9.69 Å². The van der Waals surface area contributed by atoms with Crippen molar-refractivity contribution in [3.63, 3.8) is 0 Å². The van der Waals surface area contributed by atoms with Crippen LogP contribution in [0, 0.1) is 29.1 Å². The Morgan fingerprint density at radius 1 is 1.09 bits per heavy atom. The summed E-state index contributed by atoms with van der Waals surface area (Å²) in [5, 5.41) is 9.12. The van der Waals surface area contributed by atoms with Crippen LogP contribution in [0.4, 0.5) is 5.69 Å². The lowest BCUT2D eigenvalue weighted by atomic mass is 9.85. The Morgan fingerprint density at radius 3 is 2.22 bits per heavy atom. The Kier molecular flexibility index (Phi) is 2.22. The van der Waals surface area contributed by atoms with Crippen molar-refractivity contribution < 1.29 is 19.5 Å². The molecule has 1 aliphatic heterocycles. The van der Waals surface area contributed by atoms with Gasteiger partial charge >= 0.3 is 5.97 Å². The summed E-state index contributed by atoms with van der Waals surface area (Å²) >= 11 is 0. The van der Waals surface area contributed by atoms with Gasteiger partial charge in [-0.2, -0.15) is 0 Å². The fraction of sp³-hybridized carbons (Fsp3) is 0.389. The minimum Gasteiger partial charge on any atom is -0.478 e. The van der Waals surface area contributed by atoms with E-state index in [0.717, 1.165) is 12.8 Å². The zero-order valence-corrected chi connectivity index (χ0v) is 12.3. The van der Waals surface area contributed by atoms with E-state index in [1.807, 2.05) is 0 Å². The molecule has 1 spiro atoms. The van der Waals surface area contributed by atoms with Gasteiger partial charge < -0.3 is 5.11 Å². The molecule has 1 aromatic carbocycles. The summed E-state index contributed by atoms with van der Waals surface area (Å²) in [6, 6.07) is 6.07. The Hall–Kier alpha value is -2.43. The zero-order valence-electron chi connectivity index (χ0n) is 12.3. The Balaban J connectivity index is 1.56. The number of anilines is 1. The first-order valence-electron chi connectivity index (χ1n) is 7.94. The molecule has 4 atom stereocenters. The molecule has 2 amide bonds. The lowest BCUT2D eigenvalue weighted by molar-refractivity contribution is -0.123. The predicted molar refractivity (Wildman–Crippen MR) is 80.7 cm³/mol. The van der Waals surface area contributed by atoms with Crippen molar-refractivity contribution in [3.05, 3.63) is 42.0 Å². The largest absolute Gasteiger partial charge is 0.478 e. The number of carbonyl (C=O) groups excluding carboxylic acids is 2. The van der Waals surface area contributed by atoms with Crippen LogP contribution in [-0.2, 0) is 9.59 Å². The molecular weight excluding hydrogens is 294 g/mol. The fourth-order valence-corrected chi connectivity index (χ4v) is 5.11. The molecule has 2 bridgehead atoms. The molecule has 2 saturated carbocycles. The van der Waals surface area contributed by atoms with E-state index in [1.54, 1.807) is 12.1 Å². The van der Waals surface area contributed by atoms with E-state index in [1.165, 1.54) is 17.0 Å². The molecule has 5 rings (SSSR count). The number of hydrogen-bond donors (Lipinski definition) is 1. The van der Waals surface area contributed by atoms with Crippen molar-refractivity contribution in [2.75, 3.05) is 4.90 Å². The summed E-state index contributed by atoms with van der Waals surface area (Å²) in [5.41, 5.74) is 0.633. The Labute approximate surface area is 132 Å². The molecule has 1 heterocycles. The van der Waals surface area contributed by atoms with Crippen LogP contribution in [0.2, 0.25) is 0 Å². The van der Waals surface area contributed by atoms with Crippen LogP contribution >= 0.6 is 0 Å². The van der Waals surface area contributed by atoms with Gasteiger partial charge in [-0.15, -0.1) is 0 Å². The van der Waals surface area contributed by atoms with Gasteiger partial charge in [0.05, 0.1) is 23.1 Å². The third-order valence-electron chi connectivity index (χ3n) is 6.20. The van der Waals surface area contributed by atoms with E-state index in [-0.39, 0.29) is 46.5 Å². The lowest BCUT2D eigenvalue weighted by Crippen LogP contribution is -2.34. The van der Waals surface area contributed by atoms with Gasteiger partial charge in [-0.3, -0.25) is 9.59 Å². The van der Waals surface area contributed by atoms with Gasteiger partial charge in [0.1, 0.15) is 0 Å².